The van der Waals surface area contributed by atoms with Gasteiger partial charge >= 0.3 is 0 Å². The van der Waals surface area contributed by atoms with Crippen LogP contribution >= 0.6 is 0 Å². The number of nitrogens with zero attached hydrogens (tertiary/aromatic N) is 1. The van der Waals surface area contributed by atoms with Crippen molar-refractivity contribution in [2.75, 3.05) is 25.9 Å². The van der Waals surface area contributed by atoms with E-state index in [2.05, 4.69) is 4.90 Å². The van der Waals surface area contributed by atoms with Crippen LogP contribution in [0.2, 0.25) is 0 Å². The molecule has 0 aromatic heterocycles. The first kappa shape index (κ1) is 11.0. The summed E-state index contributed by atoms with van der Waals surface area (Å²) in [5.74, 6) is 0. The molecule has 0 radical (unpaired) electrons. The quantitative estimate of drug-likeness (QED) is 0.690. The van der Waals surface area contributed by atoms with E-state index in [0.29, 0.717) is 0 Å². The van der Waals surface area contributed by atoms with Crippen molar-refractivity contribution >= 4 is 5.69 Å². The van der Waals surface area contributed by atoms with E-state index in [1.807, 2.05) is 31.3 Å². The molecule has 14 heavy (non-hydrogen) atoms. The number of nitrogen functional groups attached to an aromatic ring is 1. The Morgan fingerprint density at radius 2 is 2.07 bits per heavy atom. The molecule has 78 valence electrons. The van der Waals surface area contributed by atoms with Crippen LogP contribution in [0.5, 0.6) is 0 Å². The molecule has 0 spiro atoms. The van der Waals surface area contributed by atoms with E-state index in [4.69, 9.17) is 10.8 Å². The molecule has 0 aliphatic rings. The van der Waals surface area contributed by atoms with Gasteiger partial charge in [-0.3, -0.25) is 0 Å². The number of para-hydroxylation sites is 1. The summed E-state index contributed by atoms with van der Waals surface area (Å²) in [4.78, 5) is 2.15. The fraction of sp³-hybridized carbons (Fsp3) is 0.455. The second kappa shape index (κ2) is 5.62. The smallest absolute Gasteiger partial charge is 0.0443 e. The van der Waals surface area contributed by atoms with Crippen LogP contribution in [-0.4, -0.2) is 30.2 Å². The highest BCUT2D eigenvalue weighted by Crippen LogP contribution is 2.12. The maximum absolute atomic E-state index is 8.68. The fourth-order valence-electron chi connectivity index (χ4n) is 1.39. The molecule has 0 atom stereocenters. The molecule has 0 amide bonds. The third kappa shape index (κ3) is 3.36. The lowest BCUT2D eigenvalue weighted by Crippen LogP contribution is -2.20. The van der Waals surface area contributed by atoms with Crippen molar-refractivity contribution in [3.63, 3.8) is 0 Å². The predicted molar refractivity (Wildman–Crippen MR) is 58.9 cm³/mol. The first-order valence-electron chi connectivity index (χ1n) is 4.87. The number of hydrogen-bond donors (Lipinski definition) is 2. The average Bonchev–Trinajstić information content (AvgIpc) is 2.18. The van der Waals surface area contributed by atoms with E-state index in [0.717, 1.165) is 30.8 Å². The van der Waals surface area contributed by atoms with Crippen LogP contribution in [0.25, 0.3) is 0 Å². The number of nitrogens with two attached hydrogens (primary N) is 1. The number of hydrogen-bond acceptors (Lipinski definition) is 3. The fourth-order valence-corrected chi connectivity index (χ4v) is 1.39. The number of benzene rings is 1. The molecule has 0 saturated carbocycles. The zero-order valence-electron chi connectivity index (χ0n) is 8.61. The number of aliphatic hydroxyl groups excluding tert-OH is 1. The van der Waals surface area contributed by atoms with Crippen molar-refractivity contribution in [1.82, 2.24) is 4.90 Å². The number of rotatable bonds is 5. The molecule has 1 aromatic rings. The Kier molecular flexibility index (Phi) is 4.43. The first-order chi connectivity index (χ1) is 6.74. The van der Waals surface area contributed by atoms with Crippen LogP contribution < -0.4 is 5.73 Å². The Labute approximate surface area is 85.2 Å². The SMILES string of the molecule is CN(CCCO)Cc1ccccc1N. The Hall–Kier alpha value is -1.06. The van der Waals surface area contributed by atoms with Crippen LogP contribution in [0.3, 0.4) is 0 Å². The largest absolute Gasteiger partial charge is 0.398 e. The zero-order chi connectivity index (χ0) is 10.4. The van der Waals surface area contributed by atoms with E-state index < -0.39 is 0 Å². The summed E-state index contributed by atoms with van der Waals surface area (Å²) in [6.07, 6.45) is 0.809. The zero-order valence-corrected chi connectivity index (χ0v) is 8.61. The maximum atomic E-state index is 8.68. The first-order valence-corrected chi connectivity index (χ1v) is 4.87. The lowest BCUT2D eigenvalue weighted by atomic mass is 10.1. The Bertz CT molecular complexity index is 276. The highest BCUT2D eigenvalue weighted by Gasteiger charge is 2.02. The van der Waals surface area contributed by atoms with E-state index in [9.17, 15) is 0 Å². The van der Waals surface area contributed by atoms with Crippen LogP contribution in [0.15, 0.2) is 24.3 Å². The van der Waals surface area contributed by atoms with Crippen LogP contribution in [-0.2, 0) is 6.54 Å². The highest BCUT2D eigenvalue weighted by atomic mass is 16.3. The van der Waals surface area contributed by atoms with Gasteiger partial charge in [0.15, 0.2) is 0 Å². The molecule has 3 nitrogen and oxygen atoms in total. The molecule has 1 rings (SSSR count). The minimum atomic E-state index is 0.245. The Morgan fingerprint density at radius 1 is 1.36 bits per heavy atom. The molecule has 3 heteroatoms. The summed E-state index contributed by atoms with van der Waals surface area (Å²) in [6, 6.07) is 7.87. The molecule has 0 unspecified atom stereocenters. The molecular weight excluding hydrogens is 176 g/mol. The van der Waals surface area contributed by atoms with Gasteiger partial charge in [-0.25, -0.2) is 0 Å². The summed E-state index contributed by atoms with van der Waals surface area (Å²) in [6.45, 7) is 1.98. The van der Waals surface area contributed by atoms with Crippen molar-refractivity contribution in [3.8, 4) is 0 Å². The van der Waals surface area contributed by atoms with Gasteiger partial charge in [0, 0.05) is 25.4 Å². The van der Waals surface area contributed by atoms with Crippen molar-refractivity contribution in [3.05, 3.63) is 29.8 Å². The Balaban J connectivity index is 2.47. The normalized spacial score (nSPS) is 10.8. The van der Waals surface area contributed by atoms with Gasteiger partial charge < -0.3 is 15.7 Å². The van der Waals surface area contributed by atoms with Gasteiger partial charge in [-0.05, 0) is 25.1 Å². The summed E-state index contributed by atoms with van der Waals surface area (Å²) in [5, 5.41) is 8.68. The van der Waals surface area contributed by atoms with Gasteiger partial charge in [-0.15, -0.1) is 0 Å². The molecule has 0 bridgehead atoms. The molecule has 0 aliphatic carbocycles. The molecule has 0 heterocycles. The summed E-state index contributed by atoms with van der Waals surface area (Å²) >= 11 is 0. The second-order valence-electron chi connectivity index (χ2n) is 3.51. The summed E-state index contributed by atoms with van der Waals surface area (Å²) < 4.78 is 0. The summed E-state index contributed by atoms with van der Waals surface area (Å²) in [7, 11) is 2.03. The van der Waals surface area contributed by atoms with Crippen molar-refractivity contribution in [2.45, 2.75) is 13.0 Å². The molecule has 0 fully saturated rings. The molecule has 0 saturated heterocycles. The van der Waals surface area contributed by atoms with Gasteiger partial charge in [0.25, 0.3) is 0 Å². The monoisotopic (exact) mass is 194 g/mol. The van der Waals surface area contributed by atoms with E-state index >= 15 is 0 Å². The topological polar surface area (TPSA) is 49.5 Å². The maximum Gasteiger partial charge on any atom is 0.0443 e. The summed E-state index contributed by atoms with van der Waals surface area (Å²) in [5.41, 5.74) is 7.80. The molecule has 3 N–H and O–H groups in total. The predicted octanol–water partition coefficient (Wildman–Crippen LogP) is 1.08. The van der Waals surface area contributed by atoms with Crippen LogP contribution in [0.4, 0.5) is 5.69 Å². The number of aliphatic hydroxyl groups is 1. The number of anilines is 1. The molecular formula is C11H18N2O. The lowest BCUT2D eigenvalue weighted by molar-refractivity contribution is 0.244. The minimum Gasteiger partial charge on any atom is -0.398 e. The second-order valence-corrected chi connectivity index (χ2v) is 3.51. The van der Waals surface area contributed by atoms with Gasteiger partial charge in [-0.2, -0.15) is 0 Å². The van der Waals surface area contributed by atoms with E-state index in [1.54, 1.807) is 0 Å². The third-order valence-corrected chi connectivity index (χ3v) is 2.19. The van der Waals surface area contributed by atoms with E-state index in [1.165, 1.54) is 0 Å². The van der Waals surface area contributed by atoms with Gasteiger partial charge in [0.1, 0.15) is 0 Å². The van der Waals surface area contributed by atoms with Crippen LogP contribution in [0.1, 0.15) is 12.0 Å². The highest BCUT2D eigenvalue weighted by molar-refractivity contribution is 5.46. The Morgan fingerprint density at radius 3 is 2.71 bits per heavy atom. The standard InChI is InChI=1S/C11H18N2O/c1-13(7-4-8-14)9-10-5-2-3-6-11(10)12/h2-3,5-6,14H,4,7-9,12H2,1H3. The average molecular weight is 194 g/mol. The van der Waals surface area contributed by atoms with Gasteiger partial charge in [0.05, 0.1) is 0 Å². The van der Waals surface area contributed by atoms with E-state index in [-0.39, 0.29) is 6.61 Å². The minimum absolute atomic E-state index is 0.245. The van der Waals surface area contributed by atoms with Gasteiger partial charge in [-0.1, -0.05) is 18.2 Å². The van der Waals surface area contributed by atoms with Crippen molar-refractivity contribution < 1.29 is 5.11 Å². The lowest BCUT2D eigenvalue weighted by Gasteiger charge is -2.16. The molecule has 1 aromatic carbocycles. The van der Waals surface area contributed by atoms with Crippen LogP contribution in [0, 0.1) is 0 Å². The van der Waals surface area contributed by atoms with Crippen molar-refractivity contribution in [2.24, 2.45) is 0 Å². The van der Waals surface area contributed by atoms with Gasteiger partial charge in [0.2, 0.25) is 0 Å². The molecule has 0 aliphatic heterocycles. The van der Waals surface area contributed by atoms with Crippen molar-refractivity contribution in [1.29, 1.82) is 0 Å². The third-order valence-electron chi connectivity index (χ3n) is 2.19.